The molecular formula is C22H22ClFN2O. The number of halogens is 2. The van der Waals surface area contributed by atoms with Gasteiger partial charge in [-0.3, -0.25) is 0 Å². The quantitative estimate of drug-likeness (QED) is 0.528. The zero-order valence-corrected chi connectivity index (χ0v) is 15.8. The first-order chi connectivity index (χ1) is 13.2. The van der Waals surface area contributed by atoms with Crippen LogP contribution in [0, 0.1) is 11.7 Å². The highest BCUT2D eigenvalue weighted by Gasteiger charge is 2.31. The van der Waals surface area contributed by atoms with Crippen LogP contribution in [0.3, 0.4) is 0 Å². The number of aromatic nitrogens is 2. The van der Waals surface area contributed by atoms with E-state index < -0.39 is 0 Å². The summed E-state index contributed by atoms with van der Waals surface area (Å²) in [6.45, 7) is 0. The van der Waals surface area contributed by atoms with E-state index in [1.54, 1.807) is 12.1 Å². The molecule has 0 spiro atoms. The Morgan fingerprint density at radius 1 is 1.04 bits per heavy atom. The molecule has 5 heteroatoms. The highest BCUT2D eigenvalue weighted by atomic mass is 35.5. The zero-order chi connectivity index (χ0) is 18.6. The maximum atomic E-state index is 14.1. The molecule has 0 amide bonds. The lowest BCUT2D eigenvalue weighted by Gasteiger charge is -2.28. The van der Waals surface area contributed by atoms with E-state index in [4.69, 9.17) is 16.1 Å². The van der Waals surface area contributed by atoms with Gasteiger partial charge in [0.05, 0.1) is 5.92 Å². The molecule has 3 nitrogen and oxygen atoms in total. The number of benzene rings is 2. The molecule has 1 aromatic heterocycles. The fourth-order valence-electron chi connectivity index (χ4n) is 4.07. The summed E-state index contributed by atoms with van der Waals surface area (Å²) in [5.41, 5.74) is 1.60. The van der Waals surface area contributed by atoms with Gasteiger partial charge >= 0.3 is 0 Å². The maximum absolute atomic E-state index is 14.1. The Hall–Kier alpha value is -2.20. The van der Waals surface area contributed by atoms with E-state index in [9.17, 15) is 4.39 Å². The summed E-state index contributed by atoms with van der Waals surface area (Å²) in [5, 5.41) is 4.51. The van der Waals surface area contributed by atoms with Crippen LogP contribution in [0.4, 0.5) is 4.39 Å². The molecule has 4 rings (SSSR count). The number of rotatable bonds is 5. The minimum absolute atomic E-state index is 0.0869. The lowest BCUT2D eigenvalue weighted by Crippen LogP contribution is -2.18. The molecule has 27 heavy (non-hydrogen) atoms. The SMILES string of the molecule is Fc1cccc(Cl)c1Cc1noc(C(c2ccccc2)C2CCCCC2)n1. The molecule has 0 aliphatic heterocycles. The third kappa shape index (κ3) is 4.06. The van der Waals surface area contributed by atoms with Crippen LogP contribution in [0.2, 0.25) is 5.02 Å². The Labute approximate surface area is 163 Å². The van der Waals surface area contributed by atoms with E-state index in [1.165, 1.54) is 30.9 Å². The molecule has 1 heterocycles. The Morgan fingerprint density at radius 3 is 2.56 bits per heavy atom. The van der Waals surface area contributed by atoms with E-state index in [1.807, 2.05) is 18.2 Å². The van der Waals surface area contributed by atoms with Crippen LogP contribution < -0.4 is 0 Å². The summed E-state index contributed by atoms with van der Waals surface area (Å²) in [5.74, 6) is 1.32. The molecular weight excluding hydrogens is 363 g/mol. The Bertz CT molecular complexity index is 870. The minimum Gasteiger partial charge on any atom is -0.339 e. The van der Waals surface area contributed by atoms with Crippen LogP contribution in [0.15, 0.2) is 53.1 Å². The molecule has 0 radical (unpaired) electrons. The summed E-state index contributed by atoms with van der Waals surface area (Å²) in [4.78, 5) is 4.64. The summed E-state index contributed by atoms with van der Waals surface area (Å²) in [6.07, 6.45) is 6.31. The second kappa shape index (κ2) is 8.22. The van der Waals surface area contributed by atoms with E-state index >= 15 is 0 Å². The average Bonchev–Trinajstić information content (AvgIpc) is 3.15. The van der Waals surface area contributed by atoms with Crippen molar-refractivity contribution in [3.63, 3.8) is 0 Å². The second-order valence-corrected chi connectivity index (χ2v) is 7.62. The normalized spacial score (nSPS) is 16.4. The first-order valence-corrected chi connectivity index (χ1v) is 9.90. The van der Waals surface area contributed by atoms with Crippen LogP contribution in [0.25, 0.3) is 0 Å². The van der Waals surface area contributed by atoms with Gasteiger partial charge in [-0.15, -0.1) is 0 Å². The van der Waals surface area contributed by atoms with Crippen LogP contribution in [-0.2, 0) is 6.42 Å². The van der Waals surface area contributed by atoms with Gasteiger partial charge in [0.25, 0.3) is 0 Å². The zero-order valence-electron chi connectivity index (χ0n) is 15.1. The molecule has 2 aromatic carbocycles. The Morgan fingerprint density at radius 2 is 1.81 bits per heavy atom. The van der Waals surface area contributed by atoms with Crippen LogP contribution >= 0.6 is 11.6 Å². The van der Waals surface area contributed by atoms with Gasteiger partial charge in [-0.1, -0.05) is 72.4 Å². The lowest BCUT2D eigenvalue weighted by atomic mass is 9.76. The monoisotopic (exact) mass is 384 g/mol. The smallest absolute Gasteiger partial charge is 0.234 e. The first kappa shape index (κ1) is 18.2. The van der Waals surface area contributed by atoms with Gasteiger partial charge in [-0.2, -0.15) is 4.98 Å². The molecule has 0 saturated heterocycles. The highest BCUT2D eigenvalue weighted by Crippen LogP contribution is 2.39. The molecule has 0 N–H and O–H groups in total. The van der Waals surface area contributed by atoms with Gasteiger partial charge in [0.1, 0.15) is 5.82 Å². The van der Waals surface area contributed by atoms with Gasteiger partial charge in [0.15, 0.2) is 5.82 Å². The van der Waals surface area contributed by atoms with Crippen molar-refractivity contribution in [1.82, 2.24) is 10.1 Å². The molecule has 1 saturated carbocycles. The molecule has 140 valence electrons. The third-order valence-electron chi connectivity index (χ3n) is 5.43. The van der Waals surface area contributed by atoms with Crippen molar-refractivity contribution >= 4 is 11.6 Å². The van der Waals surface area contributed by atoms with Crippen LogP contribution in [0.5, 0.6) is 0 Å². The Balaban J connectivity index is 1.63. The number of hydrogen-bond acceptors (Lipinski definition) is 3. The highest BCUT2D eigenvalue weighted by molar-refractivity contribution is 6.31. The van der Waals surface area contributed by atoms with Gasteiger partial charge in [-0.25, -0.2) is 4.39 Å². The standard InChI is InChI=1S/C22H22ClFN2O/c23-18-12-7-13-19(24)17(18)14-20-25-22(27-26-20)21(15-8-3-1-4-9-15)16-10-5-2-6-11-16/h1,3-4,7-9,12-13,16,21H,2,5-6,10-11,14H2. The lowest BCUT2D eigenvalue weighted by molar-refractivity contribution is 0.274. The number of nitrogens with zero attached hydrogens (tertiary/aromatic N) is 2. The largest absolute Gasteiger partial charge is 0.339 e. The maximum Gasteiger partial charge on any atom is 0.234 e. The van der Waals surface area contributed by atoms with Crippen molar-refractivity contribution < 1.29 is 8.91 Å². The average molecular weight is 385 g/mol. The predicted octanol–water partition coefficient (Wildman–Crippen LogP) is 6.17. The van der Waals surface area contributed by atoms with Crippen molar-refractivity contribution in [3.8, 4) is 0 Å². The van der Waals surface area contributed by atoms with Gasteiger partial charge in [0.2, 0.25) is 5.89 Å². The predicted molar refractivity (Wildman–Crippen MR) is 103 cm³/mol. The fraction of sp³-hybridized carbons (Fsp3) is 0.364. The van der Waals surface area contributed by atoms with Crippen LogP contribution in [0.1, 0.15) is 60.9 Å². The van der Waals surface area contributed by atoms with Crippen molar-refractivity contribution in [1.29, 1.82) is 0 Å². The molecule has 1 unspecified atom stereocenters. The third-order valence-corrected chi connectivity index (χ3v) is 5.78. The Kier molecular flexibility index (Phi) is 5.53. The molecule has 1 aliphatic carbocycles. The van der Waals surface area contributed by atoms with Gasteiger partial charge in [0, 0.05) is 17.0 Å². The summed E-state index contributed by atoms with van der Waals surface area (Å²) in [6, 6.07) is 15.0. The van der Waals surface area contributed by atoms with Gasteiger partial charge in [-0.05, 0) is 36.5 Å². The second-order valence-electron chi connectivity index (χ2n) is 7.21. The van der Waals surface area contributed by atoms with E-state index in [-0.39, 0.29) is 18.2 Å². The molecule has 1 aliphatic rings. The van der Waals surface area contributed by atoms with Crippen molar-refractivity contribution in [2.75, 3.05) is 0 Å². The van der Waals surface area contributed by atoms with Crippen molar-refractivity contribution in [3.05, 3.63) is 82.2 Å². The topological polar surface area (TPSA) is 38.9 Å². The molecule has 0 bridgehead atoms. The van der Waals surface area contributed by atoms with E-state index in [0.29, 0.717) is 28.2 Å². The minimum atomic E-state index is -0.347. The summed E-state index contributed by atoms with van der Waals surface area (Å²) in [7, 11) is 0. The fourth-order valence-corrected chi connectivity index (χ4v) is 4.30. The number of hydrogen-bond donors (Lipinski definition) is 0. The molecule has 1 atom stereocenters. The first-order valence-electron chi connectivity index (χ1n) is 9.52. The molecule has 3 aromatic rings. The molecule has 1 fully saturated rings. The summed E-state index contributed by atoms with van der Waals surface area (Å²) >= 11 is 6.14. The van der Waals surface area contributed by atoms with Gasteiger partial charge < -0.3 is 4.52 Å². The summed E-state index contributed by atoms with van der Waals surface area (Å²) < 4.78 is 19.7. The van der Waals surface area contributed by atoms with E-state index in [0.717, 1.165) is 12.8 Å². The van der Waals surface area contributed by atoms with Crippen molar-refractivity contribution in [2.45, 2.75) is 44.4 Å². The van der Waals surface area contributed by atoms with Crippen molar-refractivity contribution in [2.24, 2.45) is 5.92 Å². The van der Waals surface area contributed by atoms with Crippen LogP contribution in [-0.4, -0.2) is 10.1 Å². The van der Waals surface area contributed by atoms with E-state index in [2.05, 4.69) is 22.3 Å².